The molecule has 2 saturated heterocycles. The van der Waals surface area contributed by atoms with Crippen LogP contribution in [0.3, 0.4) is 0 Å². The number of carbonyl (C=O) groups excluding carboxylic acids is 3. The first-order valence-corrected chi connectivity index (χ1v) is 7.82. The SMILES string of the molecule is Cl.O=C(Nc1cccc(CN2C(=O)CNC2=O)c1)C1CCCNC1. The number of benzene rings is 1. The fourth-order valence-electron chi connectivity index (χ4n) is 2.87. The van der Waals surface area contributed by atoms with Crippen LogP contribution in [0, 0.1) is 5.92 Å². The fraction of sp³-hybridized carbons (Fsp3) is 0.438. The molecule has 0 aromatic heterocycles. The van der Waals surface area contributed by atoms with Crippen LogP contribution >= 0.6 is 12.4 Å². The highest BCUT2D eigenvalue weighted by atomic mass is 35.5. The molecule has 2 aliphatic heterocycles. The first-order chi connectivity index (χ1) is 11.1. The molecule has 2 heterocycles. The van der Waals surface area contributed by atoms with Gasteiger partial charge in [-0.25, -0.2) is 4.79 Å². The highest BCUT2D eigenvalue weighted by Gasteiger charge is 2.28. The van der Waals surface area contributed by atoms with E-state index in [9.17, 15) is 14.4 Å². The third kappa shape index (κ3) is 4.24. The predicted molar refractivity (Wildman–Crippen MR) is 91.9 cm³/mol. The van der Waals surface area contributed by atoms with Crippen molar-refractivity contribution in [2.45, 2.75) is 19.4 Å². The summed E-state index contributed by atoms with van der Waals surface area (Å²) in [7, 11) is 0. The first kappa shape index (κ1) is 18.2. The molecule has 3 N–H and O–H groups in total. The molecular weight excluding hydrogens is 332 g/mol. The quantitative estimate of drug-likeness (QED) is 0.708. The van der Waals surface area contributed by atoms with E-state index in [0.717, 1.165) is 24.9 Å². The number of rotatable bonds is 4. The predicted octanol–water partition coefficient (Wildman–Crippen LogP) is 1.10. The minimum absolute atomic E-state index is 0. The molecule has 0 bridgehead atoms. The molecule has 130 valence electrons. The van der Waals surface area contributed by atoms with Gasteiger partial charge in [0.2, 0.25) is 11.8 Å². The summed E-state index contributed by atoms with van der Waals surface area (Å²) in [5, 5.41) is 8.63. The second-order valence-corrected chi connectivity index (χ2v) is 5.87. The summed E-state index contributed by atoms with van der Waals surface area (Å²) in [4.78, 5) is 36.6. The number of nitrogens with one attached hydrogen (secondary N) is 3. The van der Waals surface area contributed by atoms with Gasteiger partial charge in [-0.05, 0) is 37.1 Å². The maximum Gasteiger partial charge on any atom is 0.324 e. The fourth-order valence-corrected chi connectivity index (χ4v) is 2.87. The van der Waals surface area contributed by atoms with Crippen LogP contribution in [0.5, 0.6) is 0 Å². The minimum atomic E-state index is -0.377. The van der Waals surface area contributed by atoms with Crippen LogP contribution in [0.1, 0.15) is 18.4 Å². The summed E-state index contributed by atoms with van der Waals surface area (Å²) < 4.78 is 0. The van der Waals surface area contributed by atoms with Gasteiger partial charge in [0, 0.05) is 12.2 Å². The molecular formula is C16H21ClN4O3. The van der Waals surface area contributed by atoms with Crippen molar-refractivity contribution in [2.24, 2.45) is 5.92 Å². The Morgan fingerprint density at radius 2 is 2.17 bits per heavy atom. The van der Waals surface area contributed by atoms with Crippen LogP contribution in [0.25, 0.3) is 0 Å². The summed E-state index contributed by atoms with van der Waals surface area (Å²) in [5.41, 5.74) is 1.49. The Balaban J connectivity index is 0.00000208. The highest BCUT2D eigenvalue weighted by molar-refractivity contribution is 6.01. The molecule has 2 aliphatic rings. The minimum Gasteiger partial charge on any atom is -0.329 e. The normalized spacial score (nSPS) is 20.3. The van der Waals surface area contributed by atoms with E-state index in [0.29, 0.717) is 12.2 Å². The second-order valence-electron chi connectivity index (χ2n) is 5.87. The largest absolute Gasteiger partial charge is 0.329 e. The molecule has 0 saturated carbocycles. The molecule has 0 aliphatic carbocycles. The number of hydrogen-bond donors (Lipinski definition) is 3. The summed E-state index contributed by atoms with van der Waals surface area (Å²) in [6.45, 7) is 1.92. The Labute approximate surface area is 146 Å². The molecule has 1 unspecified atom stereocenters. The van der Waals surface area contributed by atoms with Gasteiger partial charge in [0.15, 0.2) is 0 Å². The average molecular weight is 353 g/mol. The first-order valence-electron chi connectivity index (χ1n) is 7.82. The molecule has 4 amide bonds. The number of imide groups is 1. The van der Waals surface area contributed by atoms with Gasteiger partial charge in [0.25, 0.3) is 0 Å². The van der Waals surface area contributed by atoms with Crippen LogP contribution in [-0.4, -0.2) is 42.4 Å². The Bertz CT molecular complexity index is 616. The van der Waals surface area contributed by atoms with Crippen LogP contribution in [0.2, 0.25) is 0 Å². The van der Waals surface area contributed by atoms with Gasteiger partial charge < -0.3 is 16.0 Å². The van der Waals surface area contributed by atoms with Crippen LogP contribution in [-0.2, 0) is 16.1 Å². The third-order valence-electron chi connectivity index (χ3n) is 4.14. The Kier molecular flexibility index (Phi) is 6.16. The Morgan fingerprint density at radius 1 is 1.33 bits per heavy atom. The van der Waals surface area contributed by atoms with E-state index in [4.69, 9.17) is 0 Å². The summed E-state index contributed by atoms with van der Waals surface area (Å²) in [6, 6.07) is 6.87. The standard InChI is InChI=1S/C16H20N4O3.ClH/c21-14-9-18-16(23)20(14)10-11-3-1-5-13(7-11)19-15(22)12-4-2-6-17-8-12;/h1,3,5,7,12,17H,2,4,6,8-10H2,(H,18,23)(H,19,22);1H. The van der Waals surface area contributed by atoms with Crippen molar-refractivity contribution in [3.8, 4) is 0 Å². The lowest BCUT2D eigenvalue weighted by atomic mass is 9.99. The molecule has 0 spiro atoms. The summed E-state index contributed by atoms with van der Waals surface area (Å²) in [6.07, 6.45) is 1.89. The number of piperidine rings is 1. The van der Waals surface area contributed by atoms with E-state index in [2.05, 4.69) is 16.0 Å². The topological polar surface area (TPSA) is 90.5 Å². The Morgan fingerprint density at radius 3 is 2.83 bits per heavy atom. The zero-order valence-electron chi connectivity index (χ0n) is 13.2. The van der Waals surface area contributed by atoms with Crippen molar-refractivity contribution in [2.75, 3.05) is 25.0 Å². The average Bonchev–Trinajstić information content (AvgIpc) is 2.88. The molecule has 7 nitrogen and oxygen atoms in total. The molecule has 2 fully saturated rings. The van der Waals surface area contributed by atoms with Crippen molar-refractivity contribution in [3.05, 3.63) is 29.8 Å². The zero-order valence-corrected chi connectivity index (χ0v) is 14.0. The Hall–Kier alpha value is -2.12. The van der Waals surface area contributed by atoms with Crippen molar-refractivity contribution < 1.29 is 14.4 Å². The van der Waals surface area contributed by atoms with Gasteiger partial charge in [0.05, 0.1) is 19.0 Å². The van der Waals surface area contributed by atoms with Gasteiger partial charge >= 0.3 is 6.03 Å². The number of carbonyl (C=O) groups is 3. The molecule has 24 heavy (non-hydrogen) atoms. The highest BCUT2D eigenvalue weighted by Crippen LogP contribution is 2.17. The number of anilines is 1. The van der Waals surface area contributed by atoms with Gasteiger partial charge in [-0.3, -0.25) is 14.5 Å². The molecule has 3 rings (SSSR count). The smallest absolute Gasteiger partial charge is 0.324 e. The lowest BCUT2D eigenvalue weighted by Gasteiger charge is -2.22. The van der Waals surface area contributed by atoms with E-state index in [-0.39, 0.29) is 49.3 Å². The number of urea groups is 1. The van der Waals surface area contributed by atoms with E-state index in [1.807, 2.05) is 18.2 Å². The molecule has 8 heteroatoms. The number of halogens is 1. The van der Waals surface area contributed by atoms with Crippen LogP contribution < -0.4 is 16.0 Å². The molecule has 0 radical (unpaired) electrons. The van der Waals surface area contributed by atoms with Gasteiger partial charge in [0.1, 0.15) is 0 Å². The van der Waals surface area contributed by atoms with Crippen LogP contribution in [0.4, 0.5) is 10.5 Å². The van der Waals surface area contributed by atoms with Crippen molar-refractivity contribution in [1.29, 1.82) is 0 Å². The summed E-state index contributed by atoms with van der Waals surface area (Å²) >= 11 is 0. The monoisotopic (exact) mass is 352 g/mol. The maximum absolute atomic E-state index is 12.2. The molecule has 1 aromatic rings. The van der Waals surface area contributed by atoms with Crippen molar-refractivity contribution >= 4 is 35.9 Å². The lowest BCUT2D eigenvalue weighted by molar-refractivity contribution is -0.125. The number of hydrogen-bond acceptors (Lipinski definition) is 4. The second kappa shape index (κ2) is 8.12. The number of nitrogens with zero attached hydrogens (tertiary/aromatic N) is 1. The lowest BCUT2D eigenvalue weighted by Crippen LogP contribution is -2.37. The number of amides is 4. The summed E-state index contributed by atoms with van der Waals surface area (Å²) in [5.74, 6) is -0.250. The van der Waals surface area contributed by atoms with Gasteiger partial charge in [-0.1, -0.05) is 12.1 Å². The third-order valence-corrected chi connectivity index (χ3v) is 4.14. The zero-order chi connectivity index (χ0) is 16.2. The van der Waals surface area contributed by atoms with E-state index in [1.54, 1.807) is 6.07 Å². The van der Waals surface area contributed by atoms with Crippen molar-refractivity contribution in [1.82, 2.24) is 15.5 Å². The van der Waals surface area contributed by atoms with E-state index < -0.39 is 0 Å². The van der Waals surface area contributed by atoms with Gasteiger partial charge in [-0.2, -0.15) is 0 Å². The van der Waals surface area contributed by atoms with Crippen molar-refractivity contribution in [3.63, 3.8) is 0 Å². The van der Waals surface area contributed by atoms with Gasteiger partial charge in [-0.15, -0.1) is 12.4 Å². The van der Waals surface area contributed by atoms with E-state index in [1.165, 1.54) is 4.90 Å². The maximum atomic E-state index is 12.2. The molecule has 1 aromatic carbocycles. The molecule has 1 atom stereocenters. The van der Waals surface area contributed by atoms with E-state index >= 15 is 0 Å². The van der Waals surface area contributed by atoms with Crippen LogP contribution in [0.15, 0.2) is 24.3 Å².